The summed E-state index contributed by atoms with van der Waals surface area (Å²) in [7, 11) is -3.07. The first-order valence-corrected chi connectivity index (χ1v) is 9.23. The largest absolute Gasteiger partial charge is 0.494 e. The van der Waals surface area contributed by atoms with Gasteiger partial charge in [0.2, 0.25) is 0 Å². The highest BCUT2D eigenvalue weighted by Gasteiger charge is 2.48. The Kier molecular flexibility index (Phi) is 3.97. The van der Waals surface area contributed by atoms with Crippen molar-refractivity contribution in [2.45, 2.75) is 43.1 Å². The van der Waals surface area contributed by atoms with Gasteiger partial charge in [-0.2, -0.15) is 0 Å². The van der Waals surface area contributed by atoms with Crippen molar-refractivity contribution in [1.82, 2.24) is 0 Å². The first-order valence-electron chi connectivity index (χ1n) is 7.62. The summed E-state index contributed by atoms with van der Waals surface area (Å²) >= 11 is 0. The summed E-state index contributed by atoms with van der Waals surface area (Å²) in [6.07, 6.45) is 1.90. The van der Waals surface area contributed by atoms with Gasteiger partial charge in [0.05, 0.1) is 22.7 Å². The van der Waals surface area contributed by atoms with E-state index in [2.05, 4.69) is 0 Å². The summed E-state index contributed by atoms with van der Waals surface area (Å²) in [5.41, 5.74) is 0.0344. The summed E-state index contributed by atoms with van der Waals surface area (Å²) in [5.74, 6) is -0.889. The van der Waals surface area contributed by atoms with Crippen LogP contribution in [-0.2, 0) is 9.84 Å². The third-order valence-corrected chi connectivity index (χ3v) is 7.44. The Morgan fingerprint density at radius 3 is 2.45 bits per heavy atom. The zero-order valence-electron chi connectivity index (χ0n) is 12.4. The molecule has 4 nitrogen and oxygen atoms in total. The first kappa shape index (κ1) is 15.5. The normalized spacial score (nSPS) is 29.3. The van der Waals surface area contributed by atoms with Crippen molar-refractivity contribution >= 4 is 15.6 Å². The molecule has 3 rings (SSSR count). The number of ketones is 1. The van der Waals surface area contributed by atoms with E-state index in [1.807, 2.05) is 0 Å². The van der Waals surface area contributed by atoms with E-state index in [9.17, 15) is 17.6 Å². The molecule has 2 aliphatic rings. The van der Waals surface area contributed by atoms with E-state index in [0.29, 0.717) is 38.0 Å². The minimum absolute atomic E-state index is 0.0344. The maximum atomic E-state index is 14.1. The van der Waals surface area contributed by atoms with Crippen LogP contribution in [0, 0.1) is 11.7 Å². The molecule has 120 valence electrons. The molecule has 0 spiro atoms. The number of carbonyl (C=O) groups excluding carboxylic acids is 1. The van der Waals surface area contributed by atoms with Crippen LogP contribution in [0.2, 0.25) is 0 Å². The monoisotopic (exact) mass is 326 g/mol. The predicted octanol–water partition coefficient (Wildman–Crippen LogP) is 2.76. The van der Waals surface area contributed by atoms with Gasteiger partial charge < -0.3 is 4.74 Å². The number of fused-ring (bicyclic) bond motifs is 2. The molecule has 2 unspecified atom stereocenters. The minimum atomic E-state index is -3.07. The standard InChI is InChI=1S/C16H19FO4S/c1-2-21-11-3-6-14(15(17)9-11)16(18)10-7-12-4-5-13(8-10)22(12,19)20/h3,6,9-10,12-13H,2,4-5,7-8H2,1H3. The molecular weight excluding hydrogens is 307 g/mol. The fourth-order valence-electron chi connectivity index (χ4n) is 3.59. The van der Waals surface area contributed by atoms with Gasteiger partial charge in [0.25, 0.3) is 0 Å². The number of sulfone groups is 1. The van der Waals surface area contributed by atoms with Crippen molar-refractivity contribution in [1.29, 1.82) is 0 Å². The fraction of sp³-hybridized carbons (Fsp3) is 0.562. The summed E-state index contributed by atoms with van der Waals surface area (Å²) in [6, 6.07) is 4.23. The number of hydrogen-bond acceptors (Lipinski definition) is 4. The third-order valence-electron chi connectivity index (χ3n) is 4.72. The maximum Gasteiger partial charge on any atom is 0.168 e. The van der Waals surface area contributed by atoms with Gasteiger partial charge >= 0.3 is 0 Å². The SMILES string of the molecule is CCOc1ccc(C(=O)C2CC3CCC(C2)S3(=O)=O)c(F)c1. The predicted molar refractivity (Wildman–Crippen MR) is 80.4 cm³/mol. The lowest BCUT2D eigenvalue weighted by molar-refractivity contribution is 0.0901. The Balaban J connectivity index is 1.81. The smallest absolute Gasteiger partial charge is 0.168 e. The van der Waals surface area contributed by atoms with E-state index in [1.54, 1.807) is 13.0 Å². The minimum Gasteiger partial charge on any atom is -0.494 e. The molecule has 22 heavy (non-hydrogen) atoms. The van der Waals surface area contributed by atoms with Gasteiger partial charge in [-0.1, -0.05) is 0 Å². The molecule has 0 radical (unpaired) electrons. The molecule has 2 bridgehead atoms. The quantitative estimate of drug-likeness (QED) is 0.798. The number of carbonyl (C=O) groups is 1. The zero-order valence-corrected chi connectivity index (χ0v) is 13.2. The van der Waals surface area contributed by atoms with Crippen LogP contribution in [-0.4, -0.2) is 31.3 Å². The highest BCUT2D eigenvalue weighted by atomic mass is 32.2. The van der Waals surface area contributed by atoms with Crippen molar-refractivity contribution < 1.29 is 22.3 Å². The van der Waals surface area contributed by atoms with Crippen molar-refractivity contribution in [2.75, 3.05) is 6.61 Å². The maximum absolute atomic E-state index is 14.1. The summed E-state index contributed by atoms with van der Waals surface area (Å²) in [6.45, 7) is 2.23. The van der Waals surface area contributed by atoms with E-state index in [-0.39, 0.29) is 11.3 Å². The Labute approximate surface area is 129 Å². The van der Waals surface area contributed by atoms with E-state index < -0.39 is 32.1 Å². The van der Waals surface area contributed by atoms with Crippen LogP contribution in [0.5, 0.6) is 5.75 Å². The molecule has 1 aromatic carbocycles. The fourth-order valence-corrected chi connectivity index (χ4v) is 6.07. The van der Waals surface area contributed by atoms with Gasteiger partial charge in [0.15, 0.2) is 15.6 Å². The van der Waals surface area contributed by atoms with Gasteiger partial charge in [-0.3, -0.25) is 4.79 Å². The number of benzene rings is 1. The van der Waals surface area contributed by atoms with Crippen LogP contribution < -0.4 is 4.74 Å². The average molecular weight is 326 g/mol. The molecule has 6 heteroatoms. The molecular formula is C16H19FO4S. The highest BCUT2D eigenvalue weighted by molar-refractivity contribution is 7.93. The number of halogens is 1. The summed E-state index contributed by atoms with van der Waals surface area (Å²) in [4.78, 5) is 12.5. The third kappa shape index (κ3) is 2.53. The molecule has 2 aliphatic heterocycles. The molecule has 2 heterocycles. The lowest BCUT2D eigenvalue weighted by Gasteiger charge is -2.27. The summed E-state index contributed by atoms with van der Waals surface area (Å²) < 4.78 is 43.5. The topological polar surface area (TPSA) is 60.4 Å². The van der Waals surface area contributed by atoms with Crippen LogP contribution in [0.15, 0.2) is 18.2 Å². The Bertz CT molecular complexity index is 678. The Hall–Kier alpha value is -1.43. The number of ether oxygens (including phenoxy) is 1. The van der Waals surface area contributed by atoms with Gasteiger partial charge in [-0.05, 0) is 44.7 Å². The van der Waals surface area contributed by atoms with Crippen LogP contribution >= 0.6 is 0 Å². The van der Waals surface area contributed by atoms with Crippen molar-refractivity contribution in [2.24, 2.45) is 5.92 Å². The molecule has 0 saturated carbocycles. The second-order valence-corrected chi connectivity index (χ2v) is 8.53. The second-order valence-electron chi connectivity index (χ2n) is 6.02. The van der Waals surface area contributed by atoms with Gasteiger partial charge in [0, 0.05) is 12.0 Å². The van der Waals surface area contributed by atoms with Crippen molar-refractivity contribution in [3.8, 4) is 5.75 Å². The average Bonchev–Trinajstić information content (AvgIpc) is 2.67. The van der Waals surface area contributed by atoms with Crippen LogP contribution in [0.4, 0.5) is 4.39 Å². The highest BCUT2D eigenvalue weighted by Crippen LogP contribution is 2.42. The van der Waals surface area contributed by atoms with E-state index >= 15 is 0 Å². The van der Waals surface area contributed by atoms with Crippen LogP contribution in [0.25, 0.3) is 0 Å². The molecule has 0 N–H and O–H groups in total. The van der Waals surface area contributed by atoms with Crippen molar-refractivity contribution in [3.05, 3.63) is 29.6 Å². The number of rotatable bonds is 4. The van der Waals surface area contributed by atoms with Gasteiger partial charge in [-0.25, -0.2) is 12.8 Å². The van der Waals surface area contributed by atoms with Gasteiger partial charge in [-0.15, -0.1) is 0 Å². The molecule has 0 aromatic heterocycles. The lowest BCUT2D eigenvalue weighted by atomic mass is 9.90. The van der Waals surface area contributed by atoms with Crippen molar-refractivity contribution in [3.63, 3.8) is 0 Å². The van der Waals surface area contributed by atoms with Crippen LogP contribution in [0.1, 0.15) is 43.0 Å². The molecule has 0 aliphatic carbocycles. The lowest BCUT2D eigenvalue weighted by Crippen LogP contribution is -2.36. The second kappa shape index (κ2) is 5.65. The van der Waals surface area contributed by atoms with E-state index in [1.165, 1.54) is 12.1 Å². The molecule has 2 fully saturated rings. The van der Waals surface area contributed by atoms with E-state index in [0.717, 1.165) is 0 Å². The molecule has 2 atom stereocenters. The number of hydrogen-bond donors (Lipinski definition) is 0. The molecule has 0 amide bonds. The van der Waals surface area contributed by atoms with Gasteiger partial charge in [0.1, 0.15) is 11.6 Å². The Morgan fingerprint density at radius 2 is 1.91 bits per heavy atom. The zero-order chi connectivity index (χ0) is 15.9. The molecule has 1 aromatic rings. The Morgan fingerprint density at radius 1 is 1.27 bits per heavy atom. The first-order chi connectivity index (χ1) is 10.4. The molecule has 2 saturated heterocycles. The number of Topliss-reactive ketones (excluding diaryl/α,β-unsaturated/α-hetero) is 1. The van der Waals surface area contributed by atoms with Crippen LogP contribution in [0.3, 0.4) is 0 Å². The van der Waals surface area contributed by atoms with E-state index in [4.69, 9.17) is 4.74 Å². The summed E-state index contributed by atoms with van der Waals surface area (Å²) in [5, 5.41) is -0.850.